The zero-order chi connectivity index (χ0) is 19.8. The Morgan fingerprint density at radius 3 is 1.52 bits per heavy atom. The standard InChI is InChI=1S/C26H24OS2/c1-3-13-28-19-9-5-17-7-11-23-25(21(17)15-19)26-22-16-20(29-14-4-2)10-6-18(22)8-12-24(26)27-23/h5-12,15-16H,3-4,13-14H2,1-2H3. The van der Waals surface area contributed by atoms with Crippen LogP contribution in [0.15, 0.2) is 74.9 Å². The molecule has 1 aromatic heterocycles. The summed E-state index contributed by atoms with van der Waals surface area (Å²) in [6.45, 7) is 4.46. The van der Waals surface area contributed by atoms with Gasteiger partial charge in [-0.15, -0.1) is 23.5 Å². The molecule has 4 aromatic carbocycles. The Kier molecular flexibility index (Phi) is 5.19. The van der Waals surface area contributed by atoms with E-state index >= 15 is 0 Å². The molecule has 3 heteroatoms. The van der Waals surface area contributed by atoms with Crippen molar-refractivity contribution in [2.75, 3.05) is 11.5 Å². The van der Waals surface area contributed by atoms with E-state index in [2.05, 4.69) is 74.5 Å². The molecule has 1 heterocycles. The molecule has 0 unspecified atom stereocenters. The van der Waals surface area contributed by atoms with Crippen LogP contribution in [0.1, 0.15) is 26.7 Å². The first-order chi connectivity index (χ1) is 14.3. The number of hydrogen-bond acceptors (Lipinski definition) is 3. The predicted octanol–water partition coefficient (Wildman–Crippen LogP) is 8.90. The molecule has 0 atom stereocenters. The van der Waals surface area contributed by atoms with E-state index in [0.717, 1.165) is 22.7 Å². The third kappa shape index (κ3) is 3.41. The zero-order valence-electron chi connectivity index (χ0n) is 16.8. The number of rotatable bonds is 6. The summed E-state index contributed by atoms with van der Waals surface area (Å²) >= 11 is 3.87. The van der Waals surface area contributed by atoms with Crippen LogP contribution in [0.2, 0.25) is 0 Å². The third-order valence-corrected chi connectivity index (χ3v) is 7.72. The van der Waals surface area contributed by atoms with Crippen molar-refractivity contribution in [3.63, 3.8) is 0 Å². The lowest BCUT2D eigenvalue weighted by Crippen LogP contribution is -1.81. The Bertz CT molecular complexity index is 1230. The van der Waals surface area contributed by atoms with Gasteiger partial charge in [0.25, 0.3) is 0 Å². The Morgan fingerprint density at radius 2 is 1.07 bits per heavy atom. The Morgan fingerprint density at radius 1 is 0.621 bits per heavy atom. The second-order valence-electron chi connectivity index (χ2n) is 7.44. The molecule has 0 aliphatic rings. The number of furan rings is 1. The van der Waals surface area contributed by atoms with Crippen molar-refractivity contribution in [2.45, 2.75) is 36.5 Å². The van der Waals surface area contributed by atoms with Gasteiger partial charge in [-0.25, -0.2) is 0 Å². The summed E-state index contributed by atoms with van der Waals surface area (Å²) in [5, 5.41) is 7.63. The molecule has 0 saturated carbocycles. The van der Waals surface area contributed by atoms with Gasteiger partial charge in [0.05, 0.1) is 0 Å². The van der Waals surface area contributed by atoms with Crippen molar-refractivity contribution < 1.29 is 4.42 Å². The SMILES string of the molecule is CCCSc1ccc2ccc3oc4ccc5ccc(SCCC)cc5c4c3c2c1. The summed E-state index contributed by atoms with van der Waals surface area (Å²) in [7, 11) is 0. The Hall–Kier alpha value is -2.10. The van der Waals surface area contributed by atoms with Crippen molar-refractivity contribution in [1.29, 1.82) is 0 Å². The molecule has 5 rings (SSSR count). The van der Waals surface area contributed by atoms with Crippen molar-refractivity contribution in [3.8, 4) is 0 Å². The Labute approximate surface area is 179 Å². The smallest absolute Gasteiger partial charge is 0.136 e. The van der Waals surface area contributed by atoms with Gasteiger partial charge >= 0.3 is 0 Å². The molecule has 0 aliphatic carbocycles. The van der Waals surface area contributed by atoms with Crippen LogP contribution in [0.3, 0.4) is 0 Å². The van der Waals surface area contributed by atoms with Crippen LogP contribution in [-0.2, 0) is 0 Å². The molecule has 0 radical (unpaired) electrons. The summed E-state index contributed by atoms with van der Waals surface area (Å²) in [5.74, 6) is 2.29. The molecule has 0 bridgehead atoms. The predicted molar refractivity (Wildman–Crippen MR) is 131 cm³/mol. The van der Waals surface area contributed by atoms with Gasteiger partial charge in [-0.1, -0.05) is 38.1 Å². The van der Waals surface area contributed by atoms with E-state index in [9.17, 15) is 0 Å². The average molecular weight is 417 g/mol. The second kappa shape index (κ2) is 7.97. The van der Waals surface area contributed by atoms with Crippen molar-refractivity contribution >= 4 is 67.0 Å². The topological polar surface area (TPSA) is 13.1 Å². The van der Waals surface area contributed by atoms with Crippen LogP contribution in [-0.4, -0.2) is 11.5 Å². The highest BCUT2D eigenvalue weighted by atomic mass is 32.2. The molecule has 0 fully saturated rings. The van der Waals surface area contributed by atoms with Crippen LogP contribution in [0.4, 0.5) is 0 Å². The van der Waals surface area contributed by atoms with Gasteiger partial charge < -0.3 is 4.42 Å². The molecule has 0 spiro atoms. The first-order valence-electron chi connectivity index (χ1n) is 10.4. The van der Waals surface area contributed by atoms with Gasteiger partial charge in [0, 0.05) is 20.6 Å². The number of benzene rings is 4. The fraction of sp³-hybridized carbons (Fsp3) is 0.231. The maximum atomic E-state index is 6.30. The first-order valence-corrected chi connectivity index (χ1v) is 12.3. The summed E-state index contributed by atoms with van der Waals surface area (Å²) in [6.07, 6.45) is 2.37. The minimum atomic E-state index is 0.976. The number of hydrogen-bond donors (Lipinski definition) is 0. The highest BCUT2D eigenvalue weighted by Gasteiger charge is 2.14. The maximum absolute atomic E-state index is 6.30. The van der Waals surface area contributed by atoms with Crippen molar-refractivity contribution in [1.82, 2.24) is 0 Å². The molecule has 0 saturated heterocycles. The van der Waals surface area contributed by atoms with Crippen LogP contribution in [0.5, 0.6) is 0 Å². The fourth-order valence-electron chi connectivity index (χ4n) is 3.98. The van der Waals surface area contributed by atoms with E-state index in [1.807, 2.05) is 23.5 Å². The second-order valence-corrected chi connectivity index (χ2v) is 9.78. The number of thioether (sulfide) groups is 2. The van der Waals surface area contributed by atoms with Crippen molar-refractivity contribution in [2.24, 2.45) is 0 Å². The molecule has 146 valence electrons. The molecular weight excluding hydrogens is 392 g/mol. The van der Waals surface area contributed by atoms with Gasteiger partial charge in [-0.2, -0.15) is 0 Å². The molecule has 1 nitrogen and oxygen atoms in total. The summed E-state index contributed by atoms with van der Waals surface area (Å²) in [6, 6.07) is 22.3. The van der Waals surface area contributed by atoms with E-state index in [4.69, 9.17) is 4.42 Å². The minimum absolute atomic E-state index is 0.976. The quantitative estimate of drug-likeness (QED) is 0.256. The van der Waals surface area contributed by atoms with Gasteiger partial charge in [-0.05, 0) is 82.3 Å². The maximum Gasteiger partial charge on any atom is 0.136 e. The lowest BCUT2D eigenvalue weighted by Gasteiger charge is -2.06. The molecule has 0 aliphatic heterocycles. The van der Waals surface area contributed by atoms with Gasteiger partial charge in [0.15, 0.2) is 0 Å². The highest BCUT2D eigenvalue weighted by Crippen LogP contribution is 2.40. The van der Waals surface area contributed by atoms with Gasteiger partial charge in [0.1, 0.15) is 11.2 Å². The lowest BCUT2D eigenvalue weighted by atomic mass is 10.00. The third-order valence-electron chi connectivity index (χ3n) is 5.33. The molecular formula is C26H24OS2. The lowest BCUT2D eigenvalue weighted by molar-refractivity contribution is 0.669. The van der Waals surface area contributed by atoms with E-state index in [1.165, 1.54) is 54.9 Å². The van der Waals surface area contributed by atoms with Gasteiger partial charge in [0.2, 0.25) is 0 Å². The summed E-state index contributed by atoms with van der Waals surface area (Å²) in [4.78, 5) is 2.67. The van der Waals surface area contributed by atoms with Crippen LogP contribution in [0.25, 0.3) is 43.5 Å². The summed E-state index contributed by atoms with van der Waals surface area (Å²) in [5.41, 5.74) is 1.95. The van der Waals surface area contributed by atoms with E-state index < -0.39 is 0 Å². The van der Waals surface area contributed by atoms with E-state index in [-0.39, 0.29) is 0 Å². The average Bonchev–Trinajstić information content (AvgIpc) is 3.15. The van der Waals surface area contributed by atoms with Crippen LogP contribution >= 0.6 is 23.5 Å². The number of fused-ring (bicyclic) bond motifs is 7. The zero-order valence-corrected chi connectivity index (χ0v) is 18.5. The summed E-state index contributed by atoms with van der Waals surface area (Å²) < 4.78 is 6.30. The van der Waals surface area contributed by atoms with Crippen molar-refractivity contribution in [3.05, 3.63) is 60.7 Å². The Balaban J connectivity index is 1.83. The minimum Gasteiger partial charge on any atom is -0.456 e. The monoisotopic (exact) mass is 416 g/mol. The van der Waals surface area contributed by atoms with E-state index in [0.29, 0.717) is 0 Å². The van der Waals surface area contributed by atoms with Crippen LogP contribution < -0.4 is 0 Å². The largest absolute Gasteiger partial charge is 0.456 e. The molecule has 0 amide bonds. The molecule has 5 aromatic rings. The van der Waals surface area contributed by atoms with Gasteiger partial charge in [-0.3, -0.25) is 0 Å². The molecule has 29 heavy (non-hydrogen) atoms. The fourth-order valence-corrected chi connectivity index (χ4v) is 5.59. The normalized spacial score (nSPS) is 11.9. The highest BCUT2D eigenvalue weighted by molar-refractivity contribution is 7.99. The van der Waals surface area contributed by atoms with E-state index in [1.54, 1.807) is 0 Å². The van der Waals surface area contributed by atoms with Crippen LogP contribution in [0, 0.1) is 0 Å². The molecule has 0 N–H and O–H groups in total. The first kappa shape index (κ1) is 18.9.